The Kier molecular flexibility index (Phi) is 5.98. The Balaban J connectivity index is 2.35. The molecule has 2 aliphatic rings. The minimum atomic E-state index is -0.854. The summed E-state index contributed by atoms with van der Waals surface area (Å²) in [5, 5.41) is 18.3. The van der Waals surface area contributed by atoms with E-state index in [1.54, 1.807) is 12.2 Å². The van der Waals surface area contributed by atoms with Gasteiger partial charge in [-0.2, -0.15) is 5.26 Å². The van der Waals surface area contributed by atoms with Gasteiger partial charge in [0.25, 0.3) is 0 Å². The third-order valence-corrected chi connectivity index (χ3v) is 5.72. The topological polar surface area (TPSA) is 61.1 Å². The van der Waals surface area contributed by atoms with Gasteiger partial charge in [-0.05, 0) is 37.5 Å². The molecule has 1 N–H and O–H groups in total. The van der Waals surface area contributed by atoms with Crippen molar-refractivity contribution in [3.05, 3.63) is 24.3 Å². The van der Waals surface area contributed by atoms with Crippen LogP contribution in [-0.2, 0) is 4.79 Å². The van der Waals surface area contributed by atoms with Crippen LogP contribution in [0.4, 0.5) is 4.39 Å². The van der Waals surface area contributed by atoms with Crippen molar-refractivity contribution < 1.29 is 14.3 Å². The standard InChI is InChI=1S/C19H26FNO2/c20-14-4-10-18(8-2-1-3-9-18)19(11-5-15-21)12-6-16(7-13-19)17(22)23/h6-7,12-13,16H,1-5,8-11,14H2,(H,22,23). The Bertz CT molecular complexity index is 498. The fourth-order valence-electron chi connectivity index (χ4n) is 4.47. The third kappa shape index (κ3) is 3.65. The van der Waals surface area contributed by atoms with Crippen molar-refractivity contribution in [3.63, 3.8) is 0 Å². The highest BCUT2D eigenvalue weighted by molar-refractivity contribution is 5.75. The Labute approximate surface area is 137 Å². The van der Waals surface area contributed by atoms with E-state index in [0.29, 0.717) is 19.3 Å². The van der Waals surface area contributed by atoms with Gasteiger partial charge < -0.3 is 5.11 Å². The number of alkyl halides is 1. The van der Waals surface area contributed by atoms with Crippen molar-refractivity contribution >= 4 is 5.97 Å². The molecule has 2 aliphatic carbocycles. The van der Waals surface area contributed by atoms with Crippen LogP contribution in [-0.4, -0.2) is 17.8 Å². The van der Waals surface area contributed by atoms with Gasteiger partial charge in [-0.15, -0.1) is 0 Å². The summed E-state index contributed by atoms with van der Waals surface area (Å²) in [4.78, 5) is 11.2. The van der Waals surface area contributed by atoms with E-state index in [4.69, 9.17) is 5.26 Å². The molecule has 3 nitrogen and oxygen atoms in total. The second kappa shape index (κ2) is 7.77. The van der Waals surface area contributed by atoms with Gasteiger partial charge in [0.1, 0.15) is 0 Å². The number of carboxylic acids is 1. The highest BCUT2D eigenvalue weighted by Crippen LogP contribution is 2.58. The van der Waals surface area contributed by atoms with Crippen LogP contribution < -0.4 is 0 Å². The summed E-state index contributed by atoms with van der Waals surface area (Å²) in [5.41, 5.74) is -0.338. The van der Waals surface area contributed by atoms with E-state index in [2.05, 4.69) is 6.07 Å². The maximum Gasteiger partial charge on any atom is 0.314 e. The summed E-state index contributed by atoms with van der Waals surface area (Å²) in [6, 6.07) is 2.23. The van der Waals surface area contributed by atoms with Gasteiger partial charge in [0.15, 0.2) is 0 Å². The zero-order valence-corrected chi connectivity index (χ0v) is 13.6. The molecule has 0 aliphatic heterocycles. The smallest absolute Gasteiger partial charge is 0.314 e. The van der Waals surface area contributed by atoms with Crippen LogP contribution in [0.1, 0.15) is 57.8 Å². The summed E-state index contributed by atoms with van der Waals surface area (Å²) in [6.45, 7) is -0.318. The molecule has 0 atom stereocenters. The number of halogens is 1. The molecule has 0 unspecified atom stereocenters. The summed E-state index contributed by atoms with van der Waals surface area (Å²) < 4.78 is 12.9. The second-order valence-electron chi connectivity index (χ2n) is 6.91. The molecule has 0 radical (unpaired) electrons. The summed E-state index contributed by atoms with van der Waals surface area (Å²) in [7, 11) is 0. The van der Waals surface area contributed by atoms with Crippen LogP contribution in [0.5, 0.6) is 0 Å². The Morgan fingerprint density at radius 1 is 1.22 bits per heavy atom. The van der Waals surface area contributed by atoms with Crippen LogP contribution in [0.25, 0.3) is 0 Å². The predicted octanol–water partition coefficient (Wildman–Crippen LogP) is 4.80. The van der Waals surface area contributed by atoms with E-state index in [1.807, 2.05) is 12.2 Å². The number of nitrogens with zero attached hydrogens (tertiary/aromatic N) is 1. The van der Waals surface area contributed by atoms with E-state index in [9.17, 15) is 14.3 Å². The van der Waals surface area contributed by atoms with Crippen molar-refractivity contribution in [2.45, 2.75) is 57.8 Å². The highest BCUT2D eigenvalue weighted by atomic mass is 19.1. The molecule has 1 fully saturated rings. The van der Waals surface area contributed by atoms with Gasteiger partial charge in [-0.3, -0.25) is 9.18 Å². The van der Waals surface area contributed by atoms with E-state index in [1.165, 1.54) is 6.42 Å². The Morgan fingerprint density at radius 3 is 2.39 bits per heavy atom. The van der Waals surface area contributed by atoms with Gasteiger partial charge in [0, 0.05) is 11.8 Å². The van der Waals surface area contributed by atoms with Crippen molar-refractivity contribution in [1.82, 2.24) is 0 Å². The molecule has 0 bridgehead atoms. The zero-order chi connectivity index (χ0) is 16.8. The molecule has 4 heteroatoms. The lowest BCUT2D eigenvalue weighted by molar-refractivity contribution is -0.138. The maximum atomic E-state index is 12.9. The van der Waals surface area contributed by atoms with Crippen molar-refractivity contribution in [1.29, 1.82) is 5.26 Å². The third-order valence-electron chi connectivity index (χ3n) is 5.72. The highest BCUT2D eigenvalue weighted by Gasteiger charge is 2.48. The largest absolute Gasteiger partial charge is 0.481 e. The number of nitriles is 1. The lowest BCUT2D eigenvalue weighted by Crippen LogP contribution is -2.42. The lowest BCUT2D eigenvalue weighted by Gasteiger charge is -2.51. The van der Waals surface area contributed by atoms with Crippen LogP contribution in [0, 0.1) is 28.1 Å². The minimum Gasteiger partial charge on any atom is -0.481 e. The quantitative estimate of drug-likeness (QED) is 0.685. The number of allylic oxidation sites excluding steroid dienone is 2. The molecule has 0 aromatic carbocycles. The van der Waals surface area contributed by atoms with Gasteiger partial charge in [0.2, 0.25) is 0 Å². The van der Waals surface area contributed by atoms with E-state index < -0.39 is 11.9 Å². The average Bonchev–Trinajstić information content (AvgIpc) is 2.59. The van der Waals surface area contributed by atoms with Crippen LogP contribution >= 0.6 is 0 Å². The molecule has 23 heavy (non-hydrogen) atoms. The van der Waals surface area contributed by atoms with Gasteiger partial charge in [-0.25, -0.2) is 0 Å². The molecule has 2 rings (SSSR count). The molecule has 0 heterocycles. The average molecular weight is 319 g/mol. The van der Waals surface area contributed by atoms with Crippen LogP contribution in [0.3, 0.4) is 0 Å². The first-order valence-electron chi connectivity index (χ1n) is 8.64. The van der Waals surface area contributed by atoms with Gasteiger partial charge >= 0.3 is 5.97 Å². The molecule has 0 aromatic rings. The van der Waals surface area contributed by atoms with Gasteiger partial charge in [0.05, 0.1) is 18.7 Å². The molecule has 0 saturated heterocycles. The molecular formula is C19H26FNO2. The summed E-state index contributed by atoms with van der Waals surface area (Å²) in [6.07, 6.45) is 15.6. The van der Waals surface area contributed by atoms with Gasteiger partial charge in [-0.1, -0.05) is 43.6 Å². The molecular weight excluding hydrogens is 293 g/mol. The normalized spacial score (nSPS) is 29.1. The number of hydrogen-bond donors (Lipinski definition) is 1. The van der Waals surface area contributed by atoms with Crippen LogP contribution in [0.15, 0.2) is 24.3 Å². The number of hydrogen-bond acceptors (Lipinski definition) is 2. The molecule has 1 saturated carbocycles. The summed E-state index contributed by atoms with van der Waals surface area (Å²) in [5.74, 6) is -1.44. The molecule has 0 spiro atoms. The zero-order valence-electron chi connectivity index (χ0n) is 13.6. The first kappa shape index (κ1) is 17.7. The van der Waals surface area contributed by atoms with E-state index >= 15 is 0 Å². The molecule has 0 amide bonds. The minimum absolute atomic E-state index is 0.0370. The summed E-state index contributed by atoms with van der Waals surface area (Å²) >= 11 is 0. The van der Waals surface area contributed by atoms with Crippen molar-refractivity contribution in [3.8, 4) is 6.07 Å². The maximum absolute atomic E-state index is 12.9. The van der Waals surface area contributed by atoms with Crippen molar-refractivity contribution in [2.24, 2.45) is 16.7 Å². The fourth-order valence-corrected chi connectivity index (χ4v) is 4.47. The number of carbonyl (C=O) groups is 1. The van der Waals surface area contributed by atoms with Crippen molar-refractivity contribution in [2.75, 3.05) is 6.67 Å². The van der Waals surface area contributed by atoms with E-state index in [-0.39, 0.29) is 17.5 Å². The van der Waals surface area contributed by atoms with E-state index in [0.717, 1.165) is 32.1 Å². The first-order valence-corrected chi connectivity index (χ1v) is 8.64. The van der Waals surface area contributed by atoms with Crippen LogP contribution in [0.2, 0.25) is 0 Å². The second-order valence-corrected chi connectivity index (χ2v) is 6.91. The number of aliphatic carboxylic acids is 1. The predicted molar refractivity (Wildman–Crippen MR) is 87.4 cm³/mol. The first-order chi connectivity index (χ1) is 11.1. The molecule has 126 valence electrons. The monoisotopic (exact) mass is 319 g/mol. The lowest BCUT2D eigenvalue weighted by atomic mass is 9.52. The number of carboxylic acid groups (broad SMARTS) is 1. The molecule has 0 aromatic heterocycles. The Hall–Kier alpha value is -1.63. The Morgan fingerprint density at radius 2 is 1.87 bits per heavy atom. The SMILES string of the molecule is N#CCCC1(C2(CCCF)CCCCC2)C=CC(C(=O)O)C=C1. The fraction of sp³-hybridized carbons (Fsp3) is 0.684. The number of rotatable bonds is 7.